The molecule has 1 rings (SSSR count). The molecule has 0 saturated heterocycles. The van der Waals surface area contributed by atoms with E-state index in [9.17, 15) is 20.1 Å². The van der Waals surface area contributed by atoms with E-state index < -0.39 is 23.6 Å². The quantitative estimate of drug-likeness (QED) is 0.504. The Bertz CT molecular complexity index is 444. The Hall–Kier alpha value is -1.99. The topological polar surface area (TPSA) is 105 Å². The maximum Gasteiger partial charge on any atom is 0.341 e. The number of phenols is 2. The fourth-order valence-corrected chi connectivity index (χ4v) is 1.40. The summed E-state index contributed by atoms with van der Waals surface area (Å²) >= 11 is 0. The van der Waals surface area contributed by atoms with Crippen molar-refractivity contribution in [1.29, 1.82) is 0 Å². The normalized spacial score (nSPS) is 11.9. The molecule has 1 aromatic carbocycles. The summed E-state index contributed by atoms with van der Waals surface area (Å²) in [6, 6.07) is 2.39. The van der Waals surface area contributed by atoms with Crippen molar-refractivity contribution in [2.45, 2.75) is 6.10 Å². The van der Waals surface area contributed by atoms with Crippen LogP contribution in [0, 0.1) is 0 Å². The molecule has 1 aromatic rings. The summed E-state index contributed by atoms with van der Waals surface area (Å²) < 4.78 is 14.4. The second kappa shape index (κ2) is 6.81. The number of hydrogen-bond acceptors (Lipinski definition) is 7. The van der Waals surface area contributed by atoms with Gasteiger partial charge in [-0.3, -0.25) is 0 Å². The first-order valence-corrected chi connectivity index (χ1v) is 5.44. The predicted molar refractivity (Wildman–Crippen MR) is 64.5 cm³/mol. The highest BCUT2D eigenvalue weighted by Crippen LogP contribution is 2.38. The molecule has 7 heteroatoms. The molecule has 0 bridgehead atoms. The predicted octanol–water partition coefficient (Wildman–Crippen LogP) is 0.270. The van der Waals surface area contributed by atoms with Crippen LogP contribution < -0.4 is 4.74 Å². The van der Waals surface area contributed by atoms with Crippen molar-refractivity contribution in [2.24, 2.45) is 0 Å². The third-order valence-corrected chi connectivity index (χ3v) is 2.29. The second-order valence-corrected chi connectivity index (χ2v) is 3.72. The number of rotatable bonds is 6. The van der Waals surface area contributed by atoms with Gasteiger partial charge in [0.25, 0.3) is 0 Å². The van der Waals surface area contributed by atoms with Crippen molar-refractivity contribution in [3.05, 3.63) is 17.7 Å². The van der Waals surface area contributed by atoms with Crippen LogP contribution in [0.4, 0.5) is 0 Å². The molecular formula is C12H16O7. The minimum absolute atomic E-state index is 0.0349. The van der Waals surface area contributed by atoms with Gasteiger partial charge in [0.2, 0.25) is 5.75 Å². The molecule has 0 aliphatic rings. The van der Waals surface area contributed by atoms with Crippen LogP contribution in [0.5, 0.6) is 17.2 Å². The lowest BCUT2D eigenvalue weighted by atomic mass is 10.1. The fraction of sp³-hybridized carbons (Fsp3) is 0.417. The van der Waals surface area contributed by atoms with Crippen LogP contribution >= 0.6 is 0 Å². The van der Waals surface area contributed by atoms with Crippen LogP contribution in [0.1, 0.15) is 10.4 Å². The smallest absolute Gasteiger partial charge is 0.341 e. The Balaban J connectivity index is 2.96. The molecule has 0 aliphatic heterocycles. The first-order valence-electron chi connectivity index (χ1n) is 5.44. The first-order chi connectivity index (χ1) is 9.01. The minimum atomic E-state index is -0.933. The van der Waals surface area contributed by atoms with Crippen LogP contribution in [0.2, 0.25) is 0 Å². The standard InChI is InChI=1S/C12H16O7/c1-17-5-7(13)6-19-11-8(12(16)18-2)3-4-9(14)10(11)15/h3-4,7,13-15H,5-6H2,1-2H3. The molecule has 0 amide bonds. The molecule has 3 N–H and O–H groups in total. The Labute approximate surface area is 110 Å². The summed E-state index contributed by atoms with van der Waals surface area (Å²) in [5.41, 5.74) is -0.0533. The SMILES string of the molecule is COCC(O)COc1c(C(=O)OC)ccc(O)c1O. The monoisotopic (exact) mass is 272 g/mol. The number of phenolic OH excluding ortho intramolecular Hbond substituents is 2. The molecule has 0 spiro atoms. The number of esters is 1. The van der Waals surface area contributed by atoms with Gasteiger partial charge in [0.15, 0.2) is 11.5 Å². The van der Waals surface area contributed by atoms with Gasteiger partial charge in [-0.1, -0.05) is 0 Å². The maximum absolute atomic E-state index is 11.5. The van der Waals surface area contributed by atoms with E-state index in [4.69, 9.17) is 9.47 Å². The second-order valence-electron chi connectivity index (χ2n) is 3.72. The molecule has 106 valence electrons. The molecule has 0 fully saturated rings. The van der Waals surface area contributed by atoms with Gasteiger partial charge in [0, 0.05) is 7.11 Å². The Morgan fingerprint density at radius 1 is 1.26 bits per heavy atom. The number of aliphatic hydroxyl groups excluding tert-OH is 1. The van der Waals surface area contributed by atoms with Gasteiger partial charge in [-0.25, -0.2) is 4.79 Å². The number of carbonyl (C=O) groups is 1. The summed E-state index contributed by atoms with van der Waals surface area (Å²) in [6.45, 7) is -0.179. The van der Waals surface area contributed by atoms with E-state index in [1.807, 2.05) is 0 Å². The van der Waals surface area contributed by atoms with Crippen molar-refractivity contribution in [1.82, 2.24) is 0 Å². The Kier molecular flexibility index (Phi) is 5.40. The van der Waals surface area contributed by atoms with E-state index in [-0.39, 0.29) is 24.5 Å². The molecule has 0 radical (unpaired) electrons. The maximum atomic E-state index is 11.5. The number of carbonyl (C=O) groups excluding carboxylic acids is 1. The lowest BCUT2D eigenvalue weighted by Crippen LogP contribution is -2.23. The zero-order chi connectivity index (χ0) is 14.4. The van der Waals surface area contributed by atoms with Gasteiger partial charge in [-0.15, -0.1) is 0 Å². The molecule has 1 atom stereocenters. The highest BCUT2D eigenvalue weighted by molar-refractivity contribution is 5.94. The average Bonchev–Trinajstić information content (AvgIpc) is 2.39. The molecular weight excluding hydrogens is 256 g/mol. The number of hydrogen-bond donors (Lipinski definition) is 3. The zero-order valence-electron chi connectivity index (χ0n) is 10.6. The van der Waals surface area contributed by atoms with Crippen molar-refractivity contribution < 1.29 is 34.3 Å². The van der Waals surface area contributed by atoms with Crippen molar-refractivity contribution in [2.75, 3.05) is 27.4 Å². The van der Waals surface area contributed by atoms with Gasteiger partial charge >= 0.3 is 5.97 Å². The van der Waals surface area contributed by atoms with Gasteiger partial charge in [-0.05, 0) is 12.1 Å². The average molecular weight is 272 g/mol. The van der Waals surface area contributed by atoms with Gasteiger partial charge in [-0.2, -0.15) is 0 Å². The van der Waals surface area contributed by atoms with E-state index >= 15 is 0 Å². The largest absolute Gasteiger partial charge is 0.504 e. The minimum Gasteiger partial charge on any atom is -0.504 e. The van der Waals surface area contributed by atoms with Crippen LogP contribution in [-0.2, 0) is 9.47 Å². The van der Waals surface area contributed by atoms with E-state index in [1.54, 1.807) is 0 Å². The van der Waals surface area contributed by atoms with Crippen molar-refractivity contribution >= 4 is 5.97 Å². The Morgan fingerprint density at radius 3 is 2.53 bits per heavy atom. The van der Waals surface area contributed by atoms with Crippen LogP contribution in [-0.4, -0.2) is 54.8 Å². The van der Waals surface area contributed by atoms with Crippen LogP contribution in [0.25, 0.3) is 0 Å². The lowest BCUT2D eigenvalue weighted by Gasteiger charge is -2.15. The molecule has 19 heavy (non-hydrogen) atoms. The Morgan fingerprint density at radius 2 is 1.95 bits per heavy atom. The van der Waals surface area contributed by atoms with Crippen LogP contribution in [0.3, 0.4) is 0 Å². The molecule has 1 unspecified atom stereocenters. The lowest BCUT2D eigenvalue weighted by molar-refractivity contribution is 0.0309. The molecule has 0 heterocycles. The zero-order valence-corrected chi connectivity index (χ0v) is 10.6. The van der Waals surface area contributed by atoms with E-state index in [0.717, 1.165) is 6.07 Å². The van der Waals surface area contributed by atoms with E-state index in [1.165, 1.54) is 20.3 Å². The third kappa shape index (κ3) is 3.73. The summed E-state index contributed by atoms with van der Waals surface area (Å²) in [4.78, 5) is 11.5. The number of ether oxygens (including phenoxy) is 3. The molecule has 0 aromatic heterocycles. The molecule has 7 nitrogen and oxygen atoms in total. The fourth-order valence-electron chi connectivity index (χ4n) is 1.40. The summed E-state index contributed by atoms with van der Waals surface area (Å²) in [6.07, 6.45) is -0.933. The summed E-state index contributed by atoms with van der Waals surface area (Å²) in [5, 5.41) is 28.5. The van der Waals surface area contributed by atoms with Gasteiger partial charge < -0.3 is 29.5 Å². The van der Waals surface area contributed by atoms with Gasteiger partial charge in [0.1, 0.15) is 18.3 Å². The van der Waals surface area contributed by atoms with E-state index in [2.05, 4.69) is 4.74 Å². The summed E-state index contributed by atoms with van der Waals surface area (Å²) in [5.74, 6) is -2.01. The van der Waals surface area contributed by atoms with Gasteiger partial charge in [0.05, 0.1) is 13.7 Å². The first kappa shape index (κ1) is 15.1. The van der Waals surface area contributed by atoms with Crippen molar-refractivity contribution in [3.8, 4) is 17.2 Å². The van der Waals surface area contributed by atoms with Crippen LogP contribution in [0.15, 0.2) is 12.1 Å². The number of methoxy groups -OCH3 is 2. The number of aliphatic hydroxyl groups is 1. The number of aromatic hydroxyl groups is 2. The highest BCUT2D eigenvalue weighted by atomic mass is 16.5. The van der Waals surface area contributed by atoms with Crippen molar-refractivity contribution in [3.63, 3.8) is 0 Å². The molecule has 0 aliphatic carbocycles. The van der Waals surface area contributed by atoms with E-state index in [0.29, 0.717) is 0 Å². The molecule has 0 saturated carbocycles. The summed E-state index contributed by atoms with van der Waals surface area (Å²) in [7, 11) is 2.59. The highest BCUT2D eigenvalue weighted by Gasteiger charge is 2.20. The number of benzene rings is 1. The third-order valence-electron chi connectivity index (χ3n) is 2.29.